The average molecular weight is 640 g/mol. The Labute approximate surface area is 294 Å². The first-order valence-corrected chi connectivity index (χ1v) is 17.4. The number of benzene rings is 8. The summed E-state index contributed by atoms with van der Waals surface area (Å²) < 4.78 is 0. The van der Waals surface area contributed by atoms with Crippen LogP contribution in [0.15, 0.2) is 188 Å². The molecule has 50 heavy (non-hydrogen) atoms. The van der Waals surface area contributed by atoms with E-state index in [-0.39, 0.29) is 5.41 Å². The van der Waals surface area contributed by atoms with Crippen molar-refractivity contribution < 1.29 is 0 Å². The second-order valence-electron chi connectivity index (χ2n) is 13.7. The lowest BCUT2D eigenvalue weighted by Gasteiger charge is -2.32. The zero-order valence-corrected chi connectivity index (χ0v) is 28.3. The van der Waals surface area contributed by atoms with E-state index in [4.69, 9.17) is 0 Å². The molecule has 1 aliphatic carbocycles. The van der Waals surface area contributed by atoms with Gasteiger partial charge in [0.25, 0.3) is 0 Å². The maximum absolute atomic E-state index is 2.49. The van der Waals surface area contributed by atoms with Crippen LogP contribution in [0.3, 0.4) is 0 Å². The highest BCUT2D eigenvalue weighted by Crippen LogP contribution is 2.52. The van der Waals surface area contributed by atoms with E-state index in [1.165, 1.54) is 66.4 Å². The molecule has 238 valence electrons. The van der Waals surface area contributed by atoms with Gasteiger partial charge < -0.3 is 4.90 Å². The molecule has 0 spiro atoms. The third-order valence-corrected chi connectivity index (χ3v) is 10.5. The lowest BCUT2D eigenvalue weighted by Crippen LogP contribution is -2.17. The van der Waals surface area contributed by atoms with Crippen LogP contribution in [0.2, 0.25) is 0 Å². The first-order valence-electron chi connectivity index (χ1n) is 17.4. The molecular formula is C49H37N. The molecule has 0 atom stereocenters. The van der Waals surface area contributed by atoms with Crippen molar-refractivity contribution in [3.8, 4) is 44.5 Å². The van der Waals surface area contributed by atoms with E-state index in [0.29, 0.717) is 0 Å². The van der Waals surface area contributed by atoms with Gasteiger partial charge in [-0.2, -0.15) is 0 Å². The minimum absolute atomic E-state index is 0.119. The highest BCUT2D eigenvalue weighted by Gasteiger charge is 2.36. The number of para-hydroxylation sites is 1. The number of nitrogens with zero attached hydrogens (tertiary/aromatic N) is 1. The summed E-state index contributed by atoms with van der Waals surface area (Å²) in [7, 11) is 0. The van der Waals surface area contributed by atoms with E-state index < -0.39 is 0 Å². The Hall–Kier alpha value is -6.18. The molecular weight excluding hydrogens is 603 g/mol. The normalized spacial score (nSPS) is 12.8. The predicted octanol–water partition coefficient (Wildman–Crippen LogP) is 13.6. The minimum atomic E-state index is -0.119. The largest absolute Gasteiger partial charge is 0.309 e. The molecule has 0 saturated carbocycles. The molecule has 8 aromatic rings. The topological polar surface area (TPSA) is 3.24 Å². The van der Waals surface area contributed by atoms with Crippen molar-refractivity contribution in [2.45, 2.75) is 19.3 Å². The first kappa shape index (κ1) is 29.9. The van der Waals surface area contributed by atoms with Crippen molar-refractivity contribution in [3.05, 3.63) is 199 Å². The first-order chi connectivity index (χ1) is 24.6. The number of anilines is 3. The summed E-state index contributed by atoms with van der Waals surface area (Å²) in [5.41, 5.74) is 15.9. The van der Waals surface area contributed by atoms with Gasteiger partial charge >= 0.3 is 0 Å². The number of fused-ring (bicyclic) bond motifs is 4. The van der Waals surface area contributed by atoms with Crippen LogP contribution in [-0.2, 0) is 5.41 Å². The number of rotatable bonds is 6. The fourth-order valence-corrected chi connectivity index (χ4v) is 7.98. The summed E-state index contributed by atoms with van der Waals surface area (Å²) in [5, 5.41) is 2.46. The van der Waals surface area contributed by atoms with Crippen LogP contribution in [0.25, 0.3) is 55.3 Å². The van der Waals surface area contributed by atoms with Gasteiger partial charge in [-0.3, -0.25) is 0 Å². The fourth-order valence-electron chi connectivity index (χ4n) is 7.98. The van der Waals surface area contributed by atoms with Gasteiger partial charge in [-0.15, -0.1) is 0 Å². The minimum Gasteiger partial charge on any atom is -0.309 e. The van der Waals surface area contributed by atoms with E-state index >= 15 is 0 Å². The Morgan fingerprint density at radius 1 is 0.380 bits per heavy atom. The summed E-state index contributed by atoms with van der Waals surface area (Å²) in [6, 6.07) is 68.6. The molecule has 0 aromatic heterocycles. The van der Waals surface area contributed by atoms with Crippen molar-refractivity contribution in [2.24, 2.45) is 0 Å². The van der Waals surface area contributed by atoms with E-state index in [1.54, 1.807) is 0 Å². The van der Waals surface area contributed by atoms with Crippen molar-refractivity contribution in [2.75, 3.05) is 4.90 Å². The molecule has 1 nitrogen and oxygen atoms in total. The van der Waals surface area contributed by atoms with E-state index in [2.05, 4.69) is 207 Å². The number of hydrogen-bond donors (Lipinski definition) is 0. The molecule has 0 fully saturated rings. The van der Waals surface area contributed by atoms with Gasteiger partial charge in [-0.05, 0) is 79.5 Å². The van der Waals surface area contributed by atoms with Crippen LogP contribution < -0.4 is 4.90 Å². The molecule has 1 heteroatoms. The average Bonchev–Trinajstić information content (AvgIpc) is 3.41. The molecule has 1 aliphatic rings. The summed E-state index contributed by atoms with van der Waals surface area (Å²) >= 11 is 0. The quantitative estimate of drug-likeness (QED) is 0.175. The third kappa shape index (κ3) is 4.94. The monoisotopic (exact) mass is 639 g/mol. The Balaban J connectivity index is 1.30. The highest BCUT2D eigenvalue weighted by atomic mass is 15.1. The van der Waals surface area contributed by atoms with Gasteiger partial charge in [0.15, 0.2) is 0 Å². The maximum atomic E-state index is 2.49. The van der Waals surface area contributed by atoms with Crippen molar-refractivity contribution in [3.63, 3.8) is 0 Å². The van der Waals surface area contributed by atoms with E-state index in [9.17, 15) is 0 Å². The highest BCUT2D eigenvalue weighted by molar-refractivity contribution is 6.06. The van der Waals surface area contributed by atoms with Crippen LogP contribution in [0.5, 0.6) is 0 Å². The predicted molar refractivity (Wildman–Crippen MR) is 213 cm³/mol. The summed E-state index contributed by atoms with van der Waals surface area (Å²) in [4.78, 5) is 2.49. The summed E-state index contributed by atoms with van der Waals surface area (Å²) in [6.07, 6.45) is 0. The molecule has 0 N–H and O–H groups in total. The van der Waals surface area contributed by atoms with Crippen molar-refractivity contribution >= 4 is 27.8 Å². The second-order valence-corrected chi connectivity index (χ2v) is 13.7. The smallest absolute Gasteiger partial charge is 0.0546 e. The molecule has 0 aliphatic heterocycles. The standard InChI is InChI=1S/C49H37N/c1-49(2)44-23-13-11-22-42(44)43-31-30-39(33-45(43)49)50(47-32-29-36-17-9-10-21-41(36)48(47)38-18-7-4-8-19-38)46-24-14-12-20-40(46)37-27-25-35(26-28-37)34-15-5-3-6-16-34/h3-33H,1-2H3. The van der Waals surface area contributed by atoms with Crippen molar-refractivity contribution in [1.29, 1.82) is 0 Å². The molecule has 0 heterocycles. The van der Waals surface area contributed by atoms with Crippen LogP contribution in [0.1, 0.15) is 25.0 Å². The van der Waals surface area contributed by atoms with E-state index in [0.717, 1.165) is 17.1 Å². The zero-order chi connectivity index (χ0) is 33.7. The second kappa shape index (κ2) is 12.1. The molecule has 0 amide bonds. The molecule has 0 saturated heterocycles. The lowest BCUT2D eigenvalue weighted by atomic mass is 9.82. The van der Waals surface area contributed by atoms with Gasteiger partial charge in [-0.1, -0.05) is 178 Å². The molecule has 9 rings (SSSR count). The fraction of sp³-hybridized carbons (Fsp3) is 0.0612. The Morgan fingerprint density at radius 3 is 1.74 bits per heavy atom. The molecule has 0 unspecified atom stereocenters. The van der Waals surface area contributed by atoms with Crippen LogP contribution in [0.4, 0.5) is 17.1 Å². The molecule has 0 bridgehead atoms. The Kier molecular flexibility index (Phi) is 7.21. The van der Waals surface area contributed by atoms with Gasteiger partial charge in [0.2, 0.25) is 0 Å². The summed E-state index contributed by atoms with van der Waals surface area (Å²) in [5.74, 6) is 0. The van der Waals surface area contributed by atoms with Gasteiger partial charge in [0.1, 0.15) is 0 Å². The molecule has 0 radical (unpaired) electrons. The Morgan fingerprint density at radius 2 is 0.960 bits per heavy atom. The molecule has 8 aromatic carbocycles. The number of hydrogen-bond acceptors (Lipinski definition) is 1. The van der Waals surface area contributed by atoms with Crippen LogP contribution in [-0.4, -0.2) is 0 Å². The lowest BCUT2D eigenvalue weighted by molar-refractivity contribution is 0.660. The van der Waals surface area contributed by atoms with Crippen LogP contribution >= 0.6 is 0 Å². The van der Waals surface area contributed by atoms with E-state index in [1.807, 2.05) is 0 Å². The SMILES string of the molecule is CC1(C)c2ccccc2-c2ccc(N(c3ccccc3-c3ccc(-c4ccccc4)cc3)c3ccc4ccccc4c3-c3ccccc3)cc21. The van der Waals surface area contributed by atoms with Gasteiger partial charge in [0, 0.05) is 22.2 Å². The zero-order valence-electron chi connectivity index (χ0n) is 28.3. The summed E-state index contributed by atoms with van der Waals surface area (Å²) in [6.45, 7) is 4.72. The van der Waals surface area contributed by atoms with Gasteiger partial charge in [0.05, 0.1) is 11.4 Å². The van der Waals surface area contributed by atoms with Gasteiger partial charge in [-0.25, -0.2) is 0 Å². The van der Waals surface area contributed by atoms with Crippen molar-refractivity contribution in [1.82, 2.24) is 0 Å². The maximum Gasteiger partial charge on any atom is 0.0546 e. The Bertz CT molecular complexity index is 2490. The third-order valence-electron chi connectivity index (χ3n) is 10.5. The van der Waals surface area contributed by atoms with Crippen LogP contribution in [0, 0.1) is 0 Å².